The SMILES string of the molecule is COC(=O)N1C(=O)C=CC1=O.COC(N)=O.COCCCCCN1C(=O)C=CC1=O. The van der Waals surface area contributed by atoms with Gasteiger partial charge in [-0.15, -0.1) is 0 Å². The summed E-state index contributed by atoms with van der Waals surface area (Å²) in [5.41, 5.74) is 4.43. The number of methoxy groups -OCH3 is 3. The number of nitrogens with zero attached hydrogens (tertiary/aromatic N) is 2. The van der Waals surface area contributed by atoms with Crippen LogP contribution in [0.5, 0.6) is 0 Å². The van der Waals surface area contributed by atoms with E-state index in [0.717, 1.165) is 45.1 Å². The first-order chi connectivity index (χ1) is 14.2. The Bertz CT molecular complexity index is 680. The fourth-order valence-corrected chi connectivity index (χ4v) is 2.02. The Balaban J connectivity index is 0.000000468. The normalized spacial score (nSPS) is 14.2. The van der Waals surface area contributed by atoms with Gasteiger partial charge >= 0.3 is 12.2 Å². The zero-order chi connectivity index (χ0) is 23.1. The zero-order valence-electron chi connectivity index (χ0n) is 17.0. The molecule has 2 aliphatic heterocycles. The van der Waals surface area contributed by atoms with E-state index in [-0.39, 0.29) is 11.8 Å². The van der Waals surface area contributed by atoms with Crippen molar-refractivity contribution in [1.82, 2.24) is 9.80 Å². The van der Waals surface area contributed by atoms with Gasteiger partial charge in [0.05, 0.1) is 14.2 Å². The third-order valence-corrected chi connectivity index (χ3v) is 3.50. The number of carbonyl (C=O) groups is 6. The second-order valence-corrected chi connectivity index (χ2v) is 5.55. The molecule has 0 atom stereocenters. The van der Waals surface area contributed by atoms with Gasteiger partial charge in [-0.3, -0.25) is 24.1 Å². The van der Waals surface area contributed by atoms with Gasteiger partial charge in [-0.05, 0) is 19.3 Å². The van der Waals surface area contributed by atoms with E-state index in [1.807, 2.05) is 0 Å². The fourth-order valence-electron chi connectivity index (χ4n) is 2.02. The molecule has 2 heterocycles. The molecule has 0 unspecified atom stereocenters. The Hall–Kier alpha value is -3.54. The summed E-state index contributed by atoms with van der Waals surface area (Å²) < 4.78 is 13.0. The van der Waals surface area contributed by atoms with Gasteiger partial charge in [-0.2, -0.15) is 4.90 Å². The third kappa shape index (κ3) is 9.59. The Morgan fingerprint density at radius 2 is 1.27 bits per heavy atom. The summed E-state index contributed by atoms with van der Waals surface area (Å²) in [4.78, 5) is 65.3. The predicted molar refractivity (Wildman–Crippen MR) is 102 cm³/mol. The first-order valence-corrected chi connectivity index (χ1v) is 8.69. The summed E-state index contributed by atoms with van der Waals surface area (Å²) >= 11 is 0. The van der Waals surface area contributed by atoms with Gasteiger partial charge in [0.15, 0.2) is 0 Å². The number of imide groups is 4. The number of rotatable bonds is 6. The second-order valence-electron chi connectivity index (χ2n) is 5.55. The molecule has 0 aliphatic carbocycles. The molecule has 166 valence electrons. The minimum Gasteiger partial charge on any atom is -0.453 e. The minimum atomic E-state index is -0.954. The number of amides is 6. The van der Waals surface area contributed by atoms with E-state index in [2.05, 4.69) is 15.2 Å². The van der Waals surface area contributed by atoms with Crippen LogP contribution >= 0.6 is 0 Å². The Morgan fingerprint density at radius 1 is 0.800 bits per heavy atom. The molecule has 0 aromatic heterocycles. The monoisotopic (exact) mass is 427 g/mol. The molecule has 2 rings (SSSR count). The Labute approximate surface area is 173 Å². The molecule has 12 nitrogen and oxygen atoms in total. The van der Waals surface area contributed by atoms with E-state index in [1.165, 1.54) is 24.2 Å². The zero-order valence-corrected chi connectivity index (χ0v) is 17.0. The highest BCUT2D eigenvalue weighted by molar-refractivity contribution is 6.21. The number of nitrogens with two attached hydrogens (primary N) is 1. The van der Waals surface area contributed by atoms with Crippen molar-refractivity contribution in [1.29, 1.82) is 0 Å². The van der Waals surface area contributed by atoms with Crippen molar-refractivity contribution in [3.63, 3.8) is 0 Å². The molecule has 30 heavy (non-hydrogen) atoms. The number of primary amides is 1. The average molecular weight is 427 g/mol. The summed E-state index contributed by atoms with van der Waals surface area (Å²) in [7, 11) is 3.99. The molecular formula is C18H25N3O9. The standard InChI is InChI=1S/C10H15NO3.C6H5NO4.C2H5NO2/c1-14-8-4-2-3-7-11-9(12)5-6-10(11)13;1-11-6(10)7-4(8)2-3-5(7)9;1-5-2(3)4/h5-6H,2-4,7-8H2,1H3;2-3H,1H3;1H3,(H2,3,4). The maximum Gasteiger partial charge on any atom is 0.423 e. The first kappa shape index (κ1) is 26.5. The van der Waals surface area contributed by atoms with Crippen LogP contribution in [0, 0.1) is 0 Å². The van der Waals surface area contributed by atoms with Gasteiger partial charge in [-0.1, -0.05) is 0 Å². The van der Waals surface area contributed by atoms with Crippen molar-refractivity contribution >= 4 is 35.8 Å². The van der Waals surface area contributed by atoms with Crippen molar-refractivity contribution in [2.75, 3.05) is 34.5 Å². The predicted octanol–water partition coefficient (Wildman–Crippen LogP) is 0.117. The van der Waals surface area contributed by atoms with Crippen LogP contribution in [0.3, 0.4) is 0 Å². The summed E-state index contributed by atoms with van der Waals surface area (Å²) in [6, 6.07) is 0. The van der Waals surface area contributed by atoms with Crippen LogP contribution in [0.4, 0.5) is 9.59 Å². The molecule has 12 heteroatoms. The molecule has 6 amide bonds. The quantitative estimate of drug-likeness (QED) is 0.458. The van der Waals surface area contributed by atoms with Crippen molar-refractivity contribution in [2.45, 2.75) is 19.3 Å². The fraction of sp³-hybridized carbons (Fsp3) is 0.444. The lowest BCUT2D eigenvalue weighted by molar-refractivity contribution is -0.137. The largest absolute Gasteiger partial charge is 0.453 e. The van der Waals surface area contributed by atoms with Crippen molar-refractivity contribution < 1.29 is 43.0 Å². The molecule has 0 bridgehead atoms. The number of ether oxygens (including phenoxy) is 3. The van der Waals surface area contributed by atoms with Crippen molar-refractivity contribution in [3.05, 3.63) is 24.3 Å². The molecular weight excluding hydrogens is 402 g/mol. The molecule has 0 saturated carbocycles. The van der Waals surface area contributed by atoms with Gasteiger partial charge in [0.2, 0.25) is 0 Å². The molecule has 0 radical (unpaired) electrons. The lowest BCUT2D eigenvalue weighted by atomic mass is 10.2. The van der Waals surface area contributed by atoms with Crippen LogP contribution in [0.1, 0.15) is 19.3 Å². The average Bonchev–Trinajstić information content (AvgIpc) is 3.23. The third-order valence-electron chi connectivity index (χ3n) is 3.50. The highest BCUT2D eigenvalue weighted by Crippen LogP contribution is 2.06. The Morgan fingerprint density at radius 3 is 1.67 bits per heavy atom. The Kier molecular flexibility index (Phi) is 12.8. The maximum atomic E-state index is 11.1. The summed E-state index contributed by atoms with van der Waals surface area (Å²) in [6.07, 6.45) is 5.76. The topological polar surface area (TPSA) is 163 Å². The molecule has 0 aromatic carbocycles. The van der Waals surface area contributed by atoms with E-state index in [0.29, 0.717) is 11.4 Å². The lowest BCUT2D eigenvalue weighted by Crippen LogP contribution is -2.35. The van der Waals surface area contributed by atoms with Crippen LogP contribution in [-0.4, -0.2) is 80.1 Å². The molecule has 0 aromatic rings. The molecule has 0 saturated heterocycles. The van der Waals surface area contributed by atoms with Crippen LogP contribution in [0.25, 0.3) is 0 Å². The first-order valence-electron chi connectivity index (χ1n) is 8.69. The molecule has 2 N–H and O–H groups in total. The second kappa shape index (κ2) is 14.5. The van der Waals surface area contributed by atoms with Gasteiger partial charge in [0.25, 0.3) is 23.6 Å². The highest BCUT2D eigenvalue weighted by Gasteiger charge is 2.30. The van der Waals surface area contributed by atoms with Gasteiger partial charge in [0.1, 0.15) is 0 Å². The highest BCUT2D eigenvalue weighted by atomic mass is 16.5. The summed E-state index contributed by atoms with van der Waals surface area (Å²) in [5, 5.41) is 0. The number of hydrogen-bond acceptors (Lipinski definition) is 9. The van der Waals surface area contributed by atoms with Crippen LogP contribution in [0.2, 0.25) is 0 Å². The van der Waals surface area contributed by atoms with E-state index in [1.54, 1.807) is 7.11 Å². The van der Waals surface area contributed by atoms with Crippen LogP contribution < -0.4 is 5.73 Å². The van der Waals surface area contributed by atoms with Crippen molar-refractivity contribution in [3.8, 4) is 0 Å². The van der Waals surface area contributed by atoms with Gasteiger partial charge in [-0.25, -0.2) is 9.59 Å². The number of unbranched alkanes of at least 4 members (excludes halogenated alkanes) is 2. The van der Waals surface area contributed by atoms with Crippen LogP contribution in [0.15, 0.2) is 24.3 Å². The lowest BCUT2D eigenvalue weighted by Gasteiger charge is -2.12. The summed E-state index contributed by atoms with van der Waals surface area (Å²) in [5.74, 6) is -1.72. The molecule has 2 aliphatic rings. The van der Waals surface area contributed by atoms with E-state index < -0.39 is 24.0 Å². The maximum absolute atomic E-state index is 11.1. The van der Waals surface area contributed by atoms with Crippen molar-refractivity contribution in [2.24, 2.45) is 5.73 Å². The number of hydrogen-bond donors (Lipinski definition) is 1. The number of carbonyl (C=O) groups excluding carboxylic acids is 6. The summed E-state index contributed by atoms with van der Waals surface area (Å²) in [6.45, 7) is 1.26. The van der Waals surface area contributed by atoms with E-state index >= 15 is 0 Å². The van der Waals surface area contributed by atoms with Crippen LogP contribution in [-0.2, 0) is 33.4 Å². The molecule has 0 spiro atoms. The minimum absolute atomic E-state index is 0.193. The van der Waals surface area contributed by atoms with E-state index in [4.69, 9.17) is 4.74 Å². The van der Waals surface area contributed by atoms with Gasteiger partial charge < -0.3 is 19.9 Å². The van der Waals surface area contributed by atoms with E-state index in [9.17, 15) is 28.8 Å². The molecule has 0 fully saturated rings. The van der Waals surface area contributed by atoms with Gasteiger partial charge in [0, 0.05) is 44.6 Å². The smallest absolute Gasteiger partial charge is 0.423 e.